The summed E-state index contributed by atoms with van der Waals surface area (Å²) in [5, 5.41) is 15.6. The molecular weight excluding hydrogens is 538 g/mol. The zero-order valence-electron chi connectivity index (χ0n) is 21.4. The standard InChI is InChI=1S/C24H27N11O4S/c1-2-35-21-17(38-12-4-11-29-24(26)31-14-6-8-15(9-7-14)40(27,36)37)13-30-18(16-5-3-10-28-16)19(21)32-23(35)20-22(25)34-39-33-20/h3,5-10,13,28H,2,4,11-12H2,1H3,(H2,25,34)(H3,26,29,31)(H2,27,36,37). The first-order valence-corrected chi connectivity index (χ1v) is 13.7. The number of nitrogen functional groups attached to an aromatic ring is 1. The summed E-state index contributed by atoms with van der Waals surface area (Å²) in [6, 6.07) is 9.65. The number of nitrogens with zero attached hydrogens (tertiary/aromatic N) is 6. The first-order valence-electron chi connectivity index (χ1n) is 12.2. The molecular formula is C24H27N11O4S. The van der Waals surface area contributed by atoms with Crippen molar-refractivity contribution in [3.63, 3.8) is 0 Å². The second-order valence-electron chi connectivity index (χ2n) is 8.59. The van der Waals surface area contributed by atoms with E-state index < -0.39 is 10.0 Å². The smallest absolute Gasteiger partial charge is 0.238 e. The van der Waals surface area contributed by atoms with Crippen LogP contribution in [0.15, 0.2) is 63.3 Å². The third-order valence-electron chi connectivity index (χ3n) is 5.93. The number of aryl methyl sites for hydroxylation is 1. The minimum Gasteiger partial charge on any atom is -0.490 e. The quantitative estimate of drug-likeness (QED) is 0.0932. The molecule has 0 aliphatic heterocycles. The molecule has 0 radical (unpaired) electrons. The second-order valence-corrected chi connectivity index (χ2v) is 10.2. The Labute approximate surface area is 228 Å². The van der Waals surface area contributed by atoms with E-state index in [9.17, 15) is 8.42 Å². The van der Waals surface area contributed by atoms with Crippen LogP contribution in [0.3, 0.4) is 0 Å². The third-order valence-corrected chi connectivity index (χ3v) is 6.86. The van der Waals surface area contributed by atoms with Gasteiger partial charge < -0.3 is 31.1 Å². The number of guanidine groups is 1. The summed E-state index contributed by atoms with van der Waals surface area (Å²) >= 11 is 0. The molecule has 0 aliphatic carbocycles. The Balaban J connectivity index is 1.31. The molecule has 0 unspecified atom stereocenters. The summed E-state index contributed by atoms with van der Waals surface area (Å²) in [5.74, 6) is 1.33. The van der Waals surface area contributed by atoms with E-state index in [0.29, 0.717) is 60.3 Å². The summed E-state index contributed by atoms with van der Waals surface area (Å²) < 4.78 is 35.6. The van der Waals surface area contributed by atoms with Crippen LogP contribution in [0, 0.1) is 0 Å². The summed E-state index contributed by atoms with van der Waals surface area (Å²) in [6.07, 6.45) is 4.02. The van der Waals surface area contributed by atoms with Crippen molar-refractivity contribution in [1.29, 1.82) is 0 Å². The largest absolute Gasteiger partial charge is 0.490 e. The summed E-state index contributed by atoms with van der Waals surface area (Å²) in [5.41, 5.74) is 15.6. The number of benzene rings is 1. The van der Waals surface area contributed by atoms with Crippen LogP contribution in [0.5, 0.6) is 5.75 Å². The number of primary sulfonamides is 1. The molecule has 0 saturated carbocycles. The number of nitrogens with two attached hydrogens (primary N) is 3. The molecule has 0 atom stereocenters. The summed E-state index contributed by atoms with van der Waals surface area (Å²) in [4.78, 5) is 16.9. The van der Waals surface area contributed by atoms with E-state index in [-0.39, 0.29) is 16.7 Å². The van der Waals surface area contributed by atoms with Crippen LogP contribution < -0.4 is 26.7 Å². The molecule has 0 bridgehead atoms. The Morgan fingerprint density at radius 2 is 2.00 bits per heavy atom. The maximum absolute atomic E-state index is 11.4. The van der Waals surface area contributed by atoms with Gasteiger partial charge in [-0.05, 0) is 53.6 Å². The molecule has 0 aliphatic rings. The van der Waals surface area contributed by atoms with Crippen molar-refractivity contribution in [2.24, 2.45) is 15.9 Å². The zero-order valence-corrected chi connectivity index (χ0v) is 22.2. The fourth-order valence-corrected chi connectivity index (χ4v) is 4.61. The van der Waals surface area contributed by atoms with Crippen molar-refractivity contribution in [3.8, 4) is 28.7 Å². The predicted molar refractivity (Wildman–Crippen MR) is 149 cm³/mol. The van der Waals surface area contributed by atoms with Gasteiger partial charge in [0.2, 0.25) is 10.0 Å². The number of anilines is 2. The lowest BCUT2D eigenvalue weighted by atomic mass is 10.2. The molecule has 5 rings (SSSR count). The first-order chi connectivity index (χ1) is 19.3. The number of imidazole rings is 1. The van der Waals surface area contributed by atoms with Gasteiger partial charge in [-0.2, -0.15) is 0 Å². The second kappa shape index (κ2) is 11.0. The minimum absolute atomic E-state index is 0.00735. The molecule has 8 N–H and O–H groups in total. The maximum atomic E-state index is 11.4. The molecule has 208 valence electrons. The first kappa shape index (κ1) is 26.6. The van der Waals surface area contributed by atoms with Crippen LogP contribution in [0.1, 0.15) is 13.3 Å². The Kier molecular flexibility index (Phi) is 7.35. The number of pyridine rings is 1. The van der Waals surface area contributed by atoms with Gasteiger partial charge in [0, 0.05) is 31.4 Å². The van der Waals surface area contributed by atoms with E-state index >= 15 is 0 Å². The fraction of sp³-hybridized carbons (Fsp3) is 0.208. The van der Waals surface area contributed by atoms with Crippen molar-refractivity contribution >= 4 is 38.5 Å². The van der Waals surface area contributed by atoms with Crippen molar-refractivity contribution in [3.05, 3.63) is 48.8 Å². The number of aromatic amines is 1. The molecule has 4 aromatic heterocycles. The van der Waals surface area contributed by atoms with E-state index in [1.165, 1.54) is 12.1 Å². The topological polar surface area (TPSA) is 231 Å². The number of fused-ring (bicyclic) bond motifs is 1. The van der Waals surface area contributed by atoms with Gasteiger partial charge in [-0.1, -0.05) is 0 Å². The highest BCUT2D eigenvalue weighted by Gasteiger charge is 2.24. The molecule has 15 nitrogen and oxygen atoms in total. The van der Waals surface area contributed by atoms with Crippen LogP contribution in [-0.2, 0) is 16.6 Å². The van der Waals surface area contributed by atoms with Gasteiger partial charge in [-0.15, -0.1) is 0 Å². The van der Waals surface area contributed by atoms with Gasteiger partial charge in [0.25, 0.3) is 0 Å². The van der Waals surface area contributed by atoms with Crippen LogP contribution in [0.4, 0.5) is 11.5 Å². The van der Waals surface area contributed by atoms with Crippen molar-refractivity contribution in [1.82, 2.24) is 29.8 Å². The number of H-pyrrole nitrogens is 1. The average Bonchev–Trinajstić information content (AvgIpc) is 3.68. The molecule has 0 saturated heterocycles. The van der Waals surface area contributed by atoms with Gasteiger partial charge in [0.1, 0.15) is 16.7 Å². The molecule has 40 heavy (non-hydrogen) atoms. The van der Waals surface area contributed by atoms with Gasteiger partial charge >= 0.3 is 0 Å². The molecule has 16 heteroatoms. The monoisotopic (exact) mass is 565 g/mol. The highest BCUT2D eigenvalue weighted by molar-refractivity contribution is 7.89. The lowest BCUT2D eigenvalue weighted by molar-refractivity contribution is 0.310. The summed E-state index contributed by atoms with van der Waals surface area (Å²) in [7, 11) is -3.77. The lowest BCUT2D eigenvalue weighted by Gasteiger charge is -2.11. The van der Waals surface area contributed by atoms with Crippen LogP contribution >= 0.6 is 0 Å². The lowest BCUT2D eigenvalue weighted by Crippen LogP contribution is -2.23. The highest BCUT2D eigenvalue weighted by Crippen LogP contribution is 2.36. The predicted octanol–water partition coefficient (Wildman–Crippen LogP) is 1.92. The molecule has 5 aromatic rings. The normalized spacial score (nSPS) is 12.2. The highest BCUT2D eigenvalue weighted by atomic mass is 32.2. The number of hydrogen-bond acceptors (Lipinski definition) is 10. The molecule has 4 heterocycles. The van der Waals surface area contributed by atoms with E-state index in [1.54, 1.807) is 18.3 Å². The number of sulfonamides is 1. The van der Waals surface area contributed by atoms with Gasteiger partial charge in [0.05, 0.1) is 23.4 Å². The Bertz CT molecular complexity index is 1760. The number of nitrogens with one attached hydrogen (secondary N) is 2. The molecule has 0 spiro atoms. The zero-order chi connectivity index (χ0) is 28.3. The number of hydrogen-bond donors (Lipinski definition) is 5. The van der Waals surface area contributed by atoms with E-state index in [1.807, 2.05) is 29.8 Å². The summed E-state index contributed by atoms with van der Waals surface area (Å²) in [6.45, 7) is 3.23. The van der Waals surface area contributed by atoms with Crippen LogP contribution in [-0.4, -0.2) is 57.4 Å². The molecule has 0 fully saturated rings. The SMILES string of the molecule is CCn1c(-c2nonc2N)nc2c(-c3ccc[nH]3)ncc(OCCCN=C(N)Nc3ccc(S(N)(=O)=O)cc3)c21. The minimum atomic E-state index is -3.77. The van der Waals surface area contributed by atoms with Crippen molar-refractivity contribution in [2.75, 3.05) is 24.2 Å². The Hall–Kier alpha value is -4.96. The van der Waals surface area contributed by atoms with Gasteiger partial charge in [0.15, 0.2) is 29.0 Å². The van der Waals surface area contributed by atoms with E-state index in [2.05, 4.69) is 30.6 Å². The average molecular weight is 566 g/mol. The number of aliphatic imine (C=N–C) groups is 1. The fourth-order valence-electron chi connectivity index (χ4n) is 4.09. The number of aromatic nitrogens is 6. The maximum Gasteiger partial charge on any atom is 0.238 e. The Morgan fingerprint density at radius 1 is 1.20 bits per heavy atom. The van der Waals surface area contributed by atoms with E-state index in [4.69, 9.17) is 31.0 Å². The Morgan fingerprint density at radius 3 is 2.65 bits per heavy atom. The van der Waals surface area contributed by atoms with Crippen molar-refractivity contribution in [2.45, 2.75) is 24.8 Å². The van der Waals surface area contributed by atoms with Crippen molar-refractivity contribution < 1.29 is 17.8 Å². The molecule has 1 aromatic carbocycles. The molecule has 0 amide bonds. The van der Waals surface area contributed by atoms with E-state index in [0.717, 1.165) is 11.2 Å². The number of rotatable bonds is 10. The number of ether oxygens (including phenoxy) is 1. The van der Waals surface area contributed by atoms with Gasteiger partial charge in [-0.25, -0.2) is 28.2 Å². The third kappa shape index (κ3) is 5.43. The van der Waals surface area contributed by atoms with Crippen LogP contribution in [0.2, 0.25) is 0 Å². The van der Waals surface area contributed by atoms with Gasteiger partial charge in [-0.3, -0.25) is 4.99 Å². The van der Waals surface area contributed by atoms with Crippen LogP contribution in [0.25, 0.3) is 33.9 Å².